The highest BCUT2D eigenvalue weighted by atomic mass is 35.5. The quantitative estimate of drug-likeness (QED) is 0.925. The molecule has 0 radical (unpaired) electrons. The van der Waals surface area contributed by atoms with Crippen molar-refractivity contribution in [3.63, 3.8) is 0 Å². The minimum absolute atomic E-state index is 0.211. The maximum absolute atomic E-state index is 12.2. The Morgan fingerprint density at radius 1 is 1.30 bits per heavy atom. The molecule has 3 heterocycles. The normalized spacial score (nSPS) is 15.8. The van der Waals surface area contributed by atoms with E-state index in [1.807, 2.05) is 0 Å². The molecule has 0 atom stereocenters. The largest absolute Gasteiger partial charge is 0.477 e. The Hall–Kier alpha value is -1.53. The van der Waals surface area contributed by atoms with Gasteiger partial charge in [-0.3, -0.25) is 9.47 Å². The number of nitrogens with zero attached hydrogens (tertiary/aromatic N) is 2. The lowest BCUT2D eigenvalue weighted by Crippen LogP contribution is -2.40. The second-order valence-electron chi connectivity index (χ2n) is 4.81. The standard InChI is InChI=1S/C13H13ClN2O3S/c14-10-6-8-11(17)9(13(18)19)7-16(12(8)20-10)15-4-2-1-3-5-15/h6-7H,1-5H2,(H,18,19). The Morgan fingerprint density at radius 3 is 2.65 bits per heavy atom. The molecule has 1 N–H and O–H groups in total. The highest BCUT2D eigenvalue weighted by Crippen LogP contribution is 2.28. The maximum atomic E-state index is 12.2. The van der Waals surface area contributed by atoms with E-state index < -0.39 is 11.4 Å². The predicted molar refractivity (Wildman–Crippen MR) is 79.9 cm³/mol. The van der Waals surface area contributed by atoms with Gasteiger partial charge in [0.2, 0.25) is 5.43 Å². The summed E-state index contributed by atoms with van der Waals surface area (Å²) in [7, 11) is 0. The zero-order valence-corrected chi connectivity index (χ0v) is 12.2. The number of piperidine rings is 1. The Bertz CT molecular complexity index is 731. The molecule has 1 aliphatic rings. The number of aromatic carboxylic acids is 1. The van der Waals surface area contributed by atoms with Crippen molar-refractivity contribution in [2.45, 2.75) is 19.3 Å². The van der Waals surface area contributed by atoms with Crippen LogP contribution in [0.3, 0.4) is 0 Å². The van der Waals surface area contributed by atoms with Crippen molar-refractivity contribution in [2.24, 2.45) is 0 Å². The van der Waals surface area contributed by atoms with Gasteiger partial charge >= 0.3 is 5.97 Å². The van der Waals surface area contributed by atoms with Gasteiger partial charge in [0.1, 0.15) is 10.4 Å². The molecule has 0 amide bonds. The lowest BCUT2D eigenvalue weighted by Gasteiger charge is -2.31. The maximum Gasteiger partial charge on any atom is 0.341 e. The molecule has 20 heavy (non-hydrogen) atoms. The van der Waals surface area contributed by atoms with Crippen LogP contribution in [0.5, 0.6) is 0 Å². The third-order valence-electron chi connectivity index (χ3n) is 3.50. The van der Waals surface area contributed by atoms with Crippen LogP contribution in [0.25, 0.3) is 10.2 Å². The van der Waals surface area contributed by atoms with Gasteiger partial charge in [-0.05, 0) is 25.3 Å². The molecular formula is C13H13ClN2O3S. The molecule has 1 saturated heterocycles. The molecule has 2 aromatic rings. The van der Waals surface area contributed by atoms with Crippen molar-refractivity contribution in [3.8, 4) is 0 Å². The summed E-state index contributed by atoms with van der Waals surface area (Å²) in [5, 5.41) is 11.6. The van der Waals surface area contributed by atoms with E-state index in [4.69, 9.17) is 11.6 Å². The molecule has 0 saturated carbocycles. The van der Waals surface area contributed by atoms with Crippen molar-refractivity contribution >= 4 is 39.1 Å². The van der Waals surface area contributed by atoms with Crippen molar-refractivity contribution in [1.82, 2.24) is 4.68 Å². The zero-order chi connectivity index (χ0) is 14.3. The van der Waals surface area contributed by atoms with E-state index in [1.165, 1.54) is 24.0 Å². The van der Waals surface area contributed by atoms with E-state index in [0.717, 1.165) is 25.9 Å². The molecule has 3 rings (SSSR count). The Kier molecular flexibility index (Phi) is 3.43. The summed E-state index contributed by atoms with van der Waals surface area (Å²) in [6.07, 6.45) is 4.73. The first-order valence-electron chi connectivity index (χ1n) is 6.41. The van der Waals surface area contributed by atoms with Crippen LogP contribution >= 0.6 is 22.9 Å². The van der Waals surface area contributed by atoms with Gasteiger partial charge in [-0.15, -0.1) is 11.3 Å². The van der Waals surface area contributed by atoms with E-state index in [2.05, 4.69) is 5.01 Å². The van der Waals surface area contributed by atoms with Crippen molar-refractivity contribution in [3.05, 3.63) is 32.4 Å². The third-order valence-corrected chi connectivity index (χ3v) is 4.75. The molecule has 0 unspecified atom stereocenters. The van der Waals surface area contributed by atoms with E-state index in [-0.39, 0.29) is 5.56 Å². The monoisotopic (exact) mass is 312 g/mol. The number of hydrogen-bond acceptors (Lipinski definition) is 4. The van der Waals surface area contributed by atoms with Gasteiger partial charge in [0, 0.05) is 19.3 Å². The first-order chi connectivity index (χ1) is 9.58. The summed E-state index contributed by atoms with van der Waals surface area (Å²) in [5.41, 5.74) is -0.679. The minimum Gasteiger partial charge on any atom is -0.477 e. The predicted octanol–water partition coefficient (Wildman–Crippen LogP) is 2.54. The van der Waals surface area contributed by atoms with Gasteiger partial charge in [0.25, 0.3) is 0 Å². The number of carboxylic acids is 1. The number of carboxylic acid groups (broad SMARTS) is 1. The average molecular weight is 313 g/mol. The molecule has 7 heteroatoms. The summed E-state index contributed by atoms with van der Waals surface area (Å²) in [6.45, 7) is 1.71. The molecular weight excluding hydrogens is 300 g/mol. The van der Waals surface area contributed by atoms with E-state index in [9.17, 15) is 14.7 Å². The molecule has 0 aromatic carbocycles. The highest BCUT2D eigenvalue weighted by Gasteiger charge is 2.20. The van der Waals surface area contributed by atoms with Gasteiger partial charge < -0.3 is 10.1 Å². The number of rotatable bonds is 2. The number of hydrogen-bond donors (Lipinski definition) is 1. The van der Waals surface area contributed by atoms with Gasteiger partial charge in [-0.2, -0.15) is 0 Å². The van der Waals surface area contributed by atoms with E-state index in [1.54, 1.807) is 10.7 Å². The summed E-state index contributed by atoms with van der Waals surface area (Å²) in [5.74, 6) is -1.20. The van der Waals surface area contributed by atoms with Crippen LogP contribution in [0.4, 0.5) is 0 Å². The van der Waals surface area contributed by atoms with Crippen LogP contribution in [0.2, 0.25) is 4.34 Å². The van der Waals surface area contributed by atoms with Gasteiger partial charge in [-0.1, -0.05) is 11.6 Å². The number of pyridine rings is 1. The Morgan fingerprint density at radius 2 is 2.00 bits per heavy atom. The van der Waals surface area contributed by atoms with Crippen molar-refractivity contribution in [2.75, 3.05) is 18.1 Å². The van der Waals surface area contributed by atoms with Crippen molar-refractivity contribution in [1.29, 1.82) is 0 Å². The van der Waals surface area contributed by atoms with Crippen LogP contribution in [-0.2, 0) is 0 Å². The average Bonchev–Trinajstić information content (AvgIpc) is 2.82. The van der Waals surface area contributed by atoms with Crippen LogP contribution in [-0.4, -0.2) is 28.8 Å². The fourth-order valence-electron chi connectivity index (χ4n) is 2.52. The van der Waals surface area contributed by atoms with Gasteiger partial charge in [0.05, 0.1) is 9.72 Å². The number of carbonyl (C=O) groups is 1. The fourth-order valence-corrected chi connectivity index (χ4v) is 3.74. The third kappa shape index (κ3) is 2.19. The summed E-state index contributed by atoms with van der Waals surface area (Å²) >= 11 is 7.30. The zero-order valence-electron chi connectivity index (χ0n) is 10.6. The summed E-state index contributed by atoms with van der Waals surface area (Å²) in [6, 6.07) is 1.55. The van der Waals surface area contributed by atoms with Crippen LogP contribution in [0, 0.1) is 0 Å². The molecule has 0 spiro atoms. The number of thiophene rings is 1. The molecule has 0 bridgehead atoms. The Balaban J connectivity index is 2.26. The molecule has 1 fully saturated rings. The highest BCUT2D eigenvalue weighted by molar-refractivity contribution is 7.22. The summed E-state index contributed by atoms with van der Waals surface area (Å²) in [4.78, 5) is 24.1. The SMILES string of the molecule is O=C(O)c1cn(N2CCCCC2)c2sc(Cl)cc2c1=O. The van der Waals surface area contributed by atoms with Gasteiger partial charge in [-0.25, -0.2) is 4.79 Å². The molecule has 1 aliphatic heterocycles. The van der Waals surface area contributed by atoms with Crippen molar-refractivity contribution < 1.29 is 9.90 Å². The smallest absolute Gasteiger partial charge is 0.341 e. The summed E-state index contributed by atoms with van der Waals surface area (Å²) < 4.78 is 2.28. The molecule has 2 aromatic heterocycles. The van der Waals surface area contributed by atoms with E-state index in [0.29, 0.717) is 14.6 Å². The molecule has 0 aliphatic carbocycles. The Labute approximate surface area is 124 Å². The van der Waals surface area contributed by atoms with Crippen LogP contribution in [0.15, 0.2) is 17.1 Å². The van der Waals surface area contributed by atoms with Crippen LogP contribution in [0.1, 0.15) is 29.6 Å². The molecule has 106 valence electrons. The fraction of sp³-hybridized carbons (Fsp3) is 0.385. The number of aromatic nitrogens is 1. The first kappa shape index (κ1) is 13.5. The minimum atomic E-state index is -1.20. The number of fused-ring (bicyclic) bond motifs is 1. The lowest BCUT2D eigenvalue weighted by molar-refractivity contribution is 0.0695. The van der Waals surface area contributed by atoms with E-state index >= 15 is 0 Å². The van der Waals surface area contributed by atoms with Crippen LogP contribution < -0.4 is 10.4 Å². The second-order valence-corrected chi connectivity index (χ2v) is 6.47. The number of halogens is 1. The lowest BCUT2D eigenvalue weighted by atomic mass is 10.1. The second kappa shape index (κ2) is 5.10. The molecule has 5 nitrogen and oxygen atoms in total. The van der Waals surface area contributed by atoms with Gasteiger partial charge in [0.15, 0.2) is 0 Å². The topological polar surface area (TPSA) is 62.5 Å². The first-order valence-corrected chi connectivity index (χ1v) is 7.60.